The van der Waals surface area contributed by atoms with Crippen molar-refractivity contribution in [2.45, 2.75) is 44.6 Å². The maximum absolute atomic E-state index is 6.23. The second kappa shape index (κ2) is 5.62. The highest BCUT2D eigenvalue weighted by molar-refractivity contribution is 5.35. The molecule has 1 aliphatic carbocycles. The molecule has 2 aromatic rings. The van der Waals surface area contributed by atoms with E-state index in [-0.39, 0.29) is 6.04 Å². The van der Waals surface area contributed by atoms with Crippen molar-refractivity contribution in [3.63, 3.8) is 0 Å². The van der Waals surface area contributed by atoms with Gasteiger partial charge in [0.25, 0.3) is 0 Å². The Labute approximate surface area is 114 Å². The zero-order valence-corrected chi connectivity index (χ0v) is 11.3. The van der Waals surface area contributed by atoms with E-state index in [1.807, 2.05) is 12.1 Å². The van der Waals surface area contributed by atoms with Crippen molar-refractivity contribution in [2.24, 2.45) is 5.73 Å². The van der Waals surface area contributed by atoms with E-state index in [2.05, 4.69) is 18.2 Å². The van der Waals surface area contributed by atoms with E-state index in [0.29, 0.717) is 0 Å². The molecule has 1 unspecified atom stereocenters. The van der Waals surface area contributed by atoms with E-state index in [4.69, 9.17) is 10.2 Å². The summed E-state index contributed by atoms with van der Waals surface area (Å²) < 4.78 is 5.34. The second-order valence-corrected chi connectivity index (χ2v) is 5.54. The maximum atomic E-state index is 6.23. The van der Waals surface area contributed by atoms with Crippen LogP contribution in [0, 0.1) is 0 Å². The lowest BCUT2D eigenvalue weighted by atomic mass is 9.99. The van der Waals surface area contributed by atoms with Crippen LogP contribution in [-0.4, -0.2) is 6.04 Å². The third kappa shape index (κ3) is 3.07. The van der Waals surface area contributed by atoms with Gasteiger partial charge in [-0.15, -0.1) is 0 Å². The molecule has 1 atom stereocenters. The standard InChI is InChI=1S/C17H21NO/c18-16(8-9-17-5-2-10-19-17)12-13-6-7-14-3-1-4-15(14)11-13/h2,5-7,10-11,16H,1,3-4,8-9,12,18H2. The fourth-order valence-corrected chi connectivity index (χ4v) is 2.94. The van der Waals surface area contributed by atoms with Gasteiger partial charge in [0, 0.05) is 12.5 Å². The molecule has 0 amide bonds. The van der Waals surface area contributed by atoms with Crippen molar-refractivity contribution in [1.29, 1.82) is 0 Å². The molecule has 0 bridgehead atoms. The molecule has 0 spiro atoms. The molecule has 0 radical (unpaired) electrons. The molecule has 2 N–H and O–H groups in total. The predicted molar refractivity (Wildman–Crippen MR) is 77.2 cm³/mol. The van der Waals surface area contributed by atoms with Crippen LogP contribution < -0.4 is 5.73 Å². The first-order valence-electron chi connectivity index (χ1n) is 7.20. The SMILES string of the molecule is NC(CCc1ccco1)Cc1ccc2c(c1)CCC2. The van der Waals surface area contributed by atoms with E-state index < -0.39 is 0 Å². The highest BCUT2D eigenvalue weighted by atomic mass is 16.3. The third-order valence-electron chi connectivity index (χ3n) is 4.00. The van der Waals surface area contributed by atoms with Crippen LogP contribution in [0.1, 0.15) is 35.3 Å². The van der Waals surface area contributed by atoms with Crippen LogP contribution in [0.15, 0.2) is 41.0 Å². The van der Waals surface area contributed by atoms with Gasteiger partial charge < -0.3 is 10.2 Å². The van der Waals surface area contributed by atoms with Gasteiger partial charge in [-0.05, 0) is 60.9 Å². The second-order valence-electron chi connectivity index (χ2n) is 5.54. The molecule has 0 aliphatic heterocycles. The molecule has 1 aliphatic rings. The predicted octanol–water partition coefficient (Wildman–Crippen LogP) is 3.27. The molecule has 3 rings (SSSR count). The van der Waals surface area contributed by atoms with Crippen LogP contribution in [0.25, 0.3) is 0 Å². The van der Waals surface area contributed by atoms with E-state index >= 15 is 0 Å². The summed E-state index contributed by atoms with van der Waals surface area (Å²) in [5.74, 6) is 1.03. The fraction of sp³-hybridized carbons (Fsp3) is 0.412. The Morgan fingerprint density at radius 3 is 2.89 bits per heavy atom. The average molecular weight is 255 g/mol. The molecule has 100 valence electrons. The molecule has 0 fully saturated rings. The van der Waals surface area contributed by atoms with Gasteiger partial charge >= 0.3 is 0 Å². The summed E-state index contributed by atoms with van der Waals surface area (Å²) in [6.07, 6.45) is 8.40. The van der Waals surface area contributed by atoms with Gasteiger partial charge in [-0.1, -0.05) is 18.2 Å². The highest BCUT2D eigenvalue weighted by Gasteiger charge is 2.12. The molecule has 1 aromatic carbocycles. The number of furan rings is 1. The van der Waals surface area contributed by atoms with E-state index in [1.54, 1.807) is 6.26 Å². The van der Waals surface area contributed by atoms with E-state index in [1.165, 1.54) is 36.0 Å². The minimum atomic E-state index is 0.213. The smallest absolute Gasteiger partial charge is 0.103 e. The Hall–Kier alpha value is -1.54. The first-order chi connectivity index (χ1) is 9.31. The summed E-state index contributed by atoms with van der Waals surface area (Å²) in [6, 6.07) is 11.1. The Kier molecular flexibility index (Phi) is 3.69. The summed E-state index contributed by atoms with van der Waals surface area (Å²) in [5.41, 5.74) is 10.7. The monoisotopic (exact) mass is 255 g/mol. The number of fused-ring (bicyclic) bond motifs is 1. The molecule has 0 saturated heterocycles. The number of rotatable bonds is 5. The number of aryl methyl sites for hydroxylation is 3. The van der Waals surface area contributed by atoms with Gasteiger partial charge in [0.15, 0.2) is 0 Å². The Bertz CT molecular complexity index is 530. The first-order valence-corrected chi connectivity index (χ1v) is 7.20. The summed E-state index contributed by atoms with van der Waals surface area (Å²) in [7, 11) is 0. The first kappa shape index (κ1) is 12.5. The number of hydrogen-bond donors (Lipinski definition) is 1. The van der Waals surface area contributed by atoms with Crippen LogP contribution in [-0.2, 0) is 25.7 Å². The minimum Gasteiger partial charge on any atom is -0.469 e. The zero-order chi connectivity index (χ0) is 13.1. The average Bonchev–Trinajstić information content (AvgIpc) is 3.07. The van der Waals surface area contributed by atoms with Crippen LogP contribution in [0.2, 0.25) is 0 Å². The number of nitrogens with two attached hydrogens (primary N) is 1. The zero-order valence-electron chi connectivity index (χ0n) is 11.3. The molecule has 0 saturated carbocycles. The molecular weight excluding hydrogens is 234 g/mol. The third-order valence-corrected chi connectivity index (χ3v) is 4.00. The van der Waals surface area contributed by atoms with E-state index in [9.17, 15) is 0 Å². The van der Waals surface area contributed by atoms with Crippen molar-refractivity contribution in [2.75, 3.05) is 0 Å². The number of hydrogen-bond acceptors (Lipinski definition) is 2. The Morgan fingerprint density at radius 1 is 1.16 bits per heavy atom. The van der Waals surface area contributed by atoms with Gasteiger partial charge in [-0.3, -0.25) is 0 Å². The van der Waals surface area contributed by atoms with Gasteiger partial charge in [-0.25, -0.2) is 0 Å². The lowest BCUT2D eigenvalue weighted by molar-refractivity contribution is 0.484. The largest absolute Gasteiger partial charge is 0.469 e. The van der Waals surface area contributed by atoms with Crippen molar-refractivity contribution >= 4 is 0 Å². The lowest BCUT2D eigenvalue weighted by Gasteiger charge is -2.12. The van der Waals surface area contributed by atoms with Gasteiger partial charge in [0.2, 0.25) is 0 Å². The minimum absolute atomic E-state index is 0.213. The summed E-state index contributed by atoms with van der Waals surface area (Å²) in [4.78, 5) is 0. The summed E-state index contributed by atoms with van der Waals surface area (Å²) >= 11 is 0. The molecule has 2 heteroatoms. The fourth-order valence-electron chi connectivity index (χ4n) is 2.94. The lowest BCUT2D eigenvalue weighted by Crippen LogP contribution is -2.23. The van der Waals surface area contributed by atoms with Crippen molar-refractivity contribution in [3.05, 3.63) is 59.0 Å². The van der Waals surface area contributed by atoms with Crippen LogP contribution in [0.5, 0.6) is 0 Å². The van der Waals surface area contributed by atoms with Crippen molar-refractivity contribution in [3.8, 4) is 0 Å². The maximum Gasteiger partial charge on any atom is 0.103 e. The molecule has 2 nitrogen and oxygen atoms in total. The molecule has 19 heavy (non-hydrogen) atoms. The normalized spacial score (nSPS) is 15.4. The summed E-state index contributed by atoms with van der Waals surface area (Å²) in [6.45, 7) is 0. The summed E-state index contributed by atoms with van der Waals surface area (Å²) in [5, 5.41) is 0. The van der Waals surface area contributed by atoms with Crippen LogP contribution in [0.4, 0.5) is 0 Å². The topological polar surface area (TPSA) is 39.2 Å². The number of benzene rings is 1. The van der Waals surface area contributed by atoms with Crippen LogP contribution >= 0.6 is 0 Å². The Balaban J connectivity index is 1.55. The quantitative estimate of drug-likeness (QED) is 0.890. The van der Waals surface area contributed by atoms with Gasteiger partial charge in [0.1, 0.15) is 5.76 Å². The van der Waals surface area contributed by atoms with Crippen LogP contribution in [0.3, 0.4) is 0 Å². The van der Waals surface area contributed by atoms with E-state index in [0.717, 1.165) is 25.0 Å². The molecule has 1 heterocycles. The Morgan fingerprint density at radius 2 is 2.05 bits per heavy atom. The molecule has 1 aromatic heterocycles. The van der Waals surface area contributed by atoms with Crippen molar-refractivity contribution < 1.29 is 4.42 Å². The van der Waals surface area contributed by atoms with Crippen molar-refractivity contribution in [1.82, 2.24) is 0 Å². The van der Waals surface area contributed by atoms with Gasteiger partial charge in [0.05, 0.1) is 6.26 Å². The van der Waals surface area contributed by atoms with Gasteiger partial charge in [-0.2, -0.15) is 0 Å². The highest BCUT2D eigenvalue weighted by Crippen LogP contribution is 2.23. The molecular formula is C17H21NO.